The van der Waals surface area contributed by atoms with E-state index in [1.54, 1.807) is 56.7 Å². The van der Waals surface area contributed by atoms with E-state index < -0.39 is 35.3 Å². The number of nitrogens with zero attached hydrogens (tertiary/aromatic N) is 11. The number of anilines is 3. The molecular formula is C83H98F3N20NaO13. The minimum atomic E-state index is -4.93. The molecule has 15 N–H and O–H groups in total. The summed E-state index contributed by atoms with van der Waals surface area (Å²) >= 11 is 0. The van der Waals surface area contributed by atoms with E-state index in [1.807, 2.05) is 61.6 Å². The van der Waals surface area contributed by atoms with E-state index in [-0.39, 0.29) is 112 Å². The van der Waals surface area contributed by atoms with E-state index in [0.29, 0.717) is 29.9 Å². The molecule has 3 aliphatic heterocycles. The van der Waals surface area contributed by atoms with E-state index in [4.69, 9.17) is 20.5 Å². The molecule has 3 aromatic carbocycles. The van der Waals surface area contributed by atoms with Crippen molar-refractivity contribution < 1.29 is 106 Å². The van der Waals surface area contributed by atoms with Crippen molar-refractivity contribution in [2.75, 3.05) is 61.1 Å². The SMILES string of the molecule is C=CC(=O)NC1CCN(c2n[nH]c3nccc(-c4ccc([C@@H](C)N)cc4)c23)CC1.C=CC(=O)NC1CCN(c2n[nH]c3nccc(-c4ccc([C@@H](C)NC(=O)C(F)(F)F)cc4)c23)CC1.C=CC(=O)NC1CCN(c2n[nH]c3nccc(-c4ccc([C@@H](C)NC(=O)c5cc(C(C)(C)O)on5)cc4)c23)CC1.CC(C)(O)c1cc(C(=O)O)no1.CO.[Na+].[OH-]. The molecule has 120 heavy (non-hydrogen) atoms. The van der Waals surface area contributed by atoms with Crippen LogP contribution in [0, 0.1) is 0 Å². The fourth-order valence-corrected chi connectivity index (χ4v) is 13.6. The second-order valence-corrected chi connectivity index (χ2v) is 29.4. The summed E-state index contributed by atoms with van der Waals surface area (Å²) < 4.78 is 47.4. The quantitative estimate of drug-likeness (QED) is 0.0250. The molecule has 11 heterocycles. The Morgan fingerprint density at radius 3 is 1.08 bits per heavy atom. The Morgan fingerprint density at radius 1 is 0.508 bits per heavy atom. The number of pyridine rings is 3. The summed E-state index contributed by atoms with van der Waals surface area (Å²) in [5, 5.41) is 81.3. The molecule has 3 aliphatic rings. The first-order valence-corrected chi connectivity index (χ1v) is 38.1. The molecular weight excluding hydrogens is 1570 g/mol. The summed E-state index contributed by atoms with van der Waals surface area (Å²) in [6.45, 7) is 26.6. The minimum Gasteiger partial charge on any atom is -0.870 e. The molecule has 8 aromatic heterocycles. The van der Waals surface area contributed by atoms with Gasteiger partial charge in [0.2, 0.25) is 17.7 Å². The average molecular weight is 1660 g/mol. The molecule has 0 spiro atoms. The molecule has 0 aliphatic carbocycles. The van der Waals surface area contributed by atoms with E-state index in [9.17, 15) is 52.2 Å². The van der Waals surface area contributed by atoms with Crippen molar-refractivity contribution in [1.29, 1.82) is 0 Å². The van der Waals surface area contributed by atoms with E-state index in [2.05, 4.69) is 140 Å². The number of aromatic nitrogens is 11. The first-order valence-electron chi connectivity index (χ1n) is 38.1. The number of piperidine rings is 3. The van der Waals surface area contributed by atoms with Crippen LogP contribution in [0.1, 0.15) is 154 Å². The monoisotopic (exact) mass is 1660 g/mol. The Morgan fingerprint density at radius 2 is 0.808 bits per heavy atom. The fourth-order valence-electron chi connectivity index (χ4n) is 13.6. The molecule has 37 heteroatoms. The zero-order valence-electron chi connectivity index (χ0n) is 68.0. The number of H-pyrrole nitrogens is 3. The molecule has 0 unspecified atom stereocenters. The summed E-state index contributed by atoms with van der Waals surface area (Å²) in [6, 6.07) is 31.1. The van der Waals surface area contributed by atoms with Gasteiger partial charge >= 0.3 is 47.6 Å². The molecule has 3 fully saturated rings. The summed E-state index contributed by atoms with van der Waals surface area (Å²) in [5.74, 6) is -1.11. The van der Waals surface area contributed by atoms with Gasteiger partial charge in [-0.15, -0.1) is 0 Å². The van der Waals surface area contributed by atoms with Gasteiger partial charge in [0.25, 0.3) is 5.91 Å². The van der Waals surface area contributed by atoms with E-state index >= 15 is 0 Å². The van der Waals surface area contributed by atoms with Gasteiger partial charge in [-0.1, -0.05) is 103 Å². The summed E-state index contributed by atoms with van der Waals surface area (Å²) in [7, 11) is 1.00. The molecule has 3 atom stereocenters. The van der Waals surface area contributed by atoms with E-state index in [1.165, 1.54) is 51.1 Å². The molecule has 0 bridgehead atoms. The molecule has 11 aromatic rings. The minimum absolute atomic E-state index is 0. The number of nitrogens with one attached hydrogen (secondary N) is 8. The van der Waals surface area contributed by atoms with Crippen molar-refractivity contribution in [3.05, 3.63) is 199 Å². The van der Waals surface area contributed by atoms with Gasteiger partial charge < -0.3 is 82.0 Å². The number of carboxylic acid groups (broad SMARTS) is 1. The molecule has 630 valence electrons. The van der Waals surface area contributed by atoms with Gasteiger partial charge in [-0.3, -0.25) is 39.3 Å². The fraction of sp³-hybridized carbons (Fsp3) is 0.349. The third-order valence-corrected chi connectivity index (χ3v) is 20.1. The number of fused-ring (bicyclic) bond motifs is 3. The number of carbonyl (C=O) groups is 6. The predicted octanol–water partition coefficient (Wildman–Crippen LogP) is 7.19. The van der Waals surface area contributed by atoms with Crippen LogP contribution in [0.2, 0.25) is 0 Å². The Balaban J connectivity index is 0.000000207. The third kappa shape index (κ3) is 23.5. The smallest absolute Gasteiger partial charge is 0.870 e. The second kappa shape index (κ2) is 41.6. The molecule has 0 radical (unpaired) electrons. The Labute approximate surface area is 710 Å². The average Bonchev–Trinajstić information content (AvgIpc) is 1.63. The molecule has 5 amide bonds. The standard InChI is InChI=1S/C29H33N7O4.C24H25F3N6O2.C22H26N6O.C7H9NO4.CH4O.Na.H2O/c1-5-24(37)32-20-11-14-36(15-12-20)27-25-21(10-13-30-26(25)33-34-27)19-8-6-18(7-9-19)17(2)31-28(38)22-16-23(40-35-22)29(3,4)39;1-3-19(34)30-17-9-12-33(13-10-17)22-20-18(8-11-28-21(20)31-32-22)16-6-4-15(5-7-16)14(2)29-23(35)24(25,26)27;1-3-19(29)25-17-9-12-28(13-10-17)22-20-18(8-11-24-21(20)26-27-22)16-6-4-15(5-7-16)14(2)23;1-7(2,11)5-3-4(6(9)10)8-12-5;1-2;;/h5-10,13,16-17,20,39H,1,11-12,14-15H2,2-4H3,(H,31,38)(H,32,37)(H,30,33,34);3-8,11,14,17H,1,9-10,12-13H2,2H3,(H,29,35)(H,30,34)(H,28,31,32);3-8,11,14,17H,1,9-10,12-13,23H2,2H3,(H,25,29)(H,24,26,27);3,11H,1-2H3,(H,9,10);2H,1H3;;1H2/q;;;;;+1;/p-1/t17-;2*14-;;;;/m111..../s1. The van der Waals surface area contributed by atoms with Crippen LogP contribution in [0.25, 0.3) is 66.5 Å². The van der Waals surface area contributed by atoms with Gasteiger partial charge in [0.05, 0.1) is 28.2 Å². The number of hydrogen-bond donors (Lipinski definition) is 13. The first kappa shape index (κ1) is 93.5. The number of aliphatic hydroxyl groups excluding tert-OH is 1. The van der Waals surface area contributed by atoms with Crippen LogP contribution < -0.4 is 76.6 Å². The Hall–Kier alpha value is -12.0. The summed E-state index contributed by atoms with van der Waals surface area (Å²) in [5.41, 5.74) is 14.1. The zero-order chi connectivity index (χ0) is 85.3. The number of benzene rings is 3. The van der Waals surface area contributed by atoms with Gasteiger partial charge in [-0.05, 0) is 173 Å². The maximum Gasteiger partial charge on any atom is 1.00 e. The van der Waals surface area contributed by atoms with Crippen LogP contribution in [0.4, 0.5) is 30.6 Å². The van der Waals surface area contributed by atoms with Crippen LogP contribution in [-0.2, 0) is 30.4 Å². The van der Waals surface area contributed by atoms with Crippen LogP contribution in [-0.4, -0.2) is 188 Å². The van der Waals surface area contributed by atoms with Crippen molar-refractivity contribution in [3.63, 3.8) is 0 Å². The van der Waals surface area contributed by atoms with Gasteiger partial charge in [-0.25, -0.2) is 19.7 Å². The topological polar surface area (TPSA) is 486 Å². The number of aromatic carboxylic acids is 1. The Bertz CT molecular complexity index is 5320. The maximum atomic E-state index is 12.7. The van der Waals surface area contributed by atoms with Gasteiger partial charge in [0.1, 0.15) is 11.2 Å². The molecule has 3 saturated heterocycles. The zero-order valence-corrected chi connectivity index (χ0v) is 70.0. The van der Waals surface area contributed by atoms with Crippen LogP contribution >= 0.6 is 0 Å². The molecule has 14 rings (SSSR count). The number of aliphatic hydroxyl groups is 3. The number of carbonyl (C=O) groups excluding carboxylic acids is 5. The number of rotatable bonds is 21. The van der Waals surface area contributed by atoms with E-state index in [0.717, 1.165) is 156 Å². The number of alkyl halides is 3. The second-order valence-electron chi connectivity index (χ2n) is 29.4. The first-order chi connectivity index (χ1) is 56.3. The summed E-state index contributed by atoms with van der Waals surface area (Å²) in [6.07, 6.45) is 9.07. The maximum absolute atomic E-state index is 12.7. The van der Waals surface area contributed by atoms with Crippen LogP contribution in [0.3, 0.4) is 0 Å². The van der Waals surface area contributed by atoms with Crippen molar-refractivity contribution in [2.45, 2.75) is 141 Å². The van der Waals surface area contributed by atoms with Gasteiger partial charge in [0, 0.05) is 101 Å². The van der Waals surface area contributed by atoms with Crippen LogP contribution in [0.5, 0.6) is 0 Å². The Kier molecular flexibility index (Phi) is 32.4. The predicted molar refractivity (Wildman–Crippen MR) is 440 cm³/mol. The number of halogens is 3. The van der Waals surface area contributed by atoms with Crippen molar-refractivity contribution >= 4 is 86.1 Å². The number of aromatic amines is 3. The molecule has 0 saturated carbocycles. The van der Waals surface area contributed by atoms with Gasteiger partial charge in [0.15, 0.2) is 57.3 Å². The normalized spacial score (nSPS) is 14.7. The van der Waals surface area contributed by atoms with Crippen molar-refractivity contribution in [3.8, 4) is 33.4 Å². The largest absolute Gasteiger partial charge is 1.00 e. The van der Waals surface area contributed by atoms with Crippen molar-refractivity contribution in [1.82, 2.24) is 82.4 Å². The molecule has 33 nitrogen and oxygen atoms in total. The van der Waals surface area contributed by atoms with Crippen molar-refractivity contribution in [2.24, 2.45) is 5.73 Å². The third-order valence-electron chi connectivity index (χ3n) is 20.1. The van der Waals surface area contributed by atoms with Crippen LogP contribution in [0.15, 0.2) is 169 Å². The number of nitrogens with two attached hydrogens (primary N) is 1. The number of amides is 5. The van der Waals surface area contributed by atoms with Gasteiger partial charge in [-0.2, -0.15) is 28.5 Å². The number of carboxylic acids is 1. The summed E-state index contributed by atoms with van der Waals surface area (Å²) in [4.78, 5) is 89.0. The number of hydrogen-bond acceptors (Lipinski definition) is 24.